The number of carbonyl (C=O) groups is 3. The highest BCUT2D eigenvalue weighted by molar-refractivity contribution is 6.05. The lowest BCUT2D eigenvalue weighted by atomic mass is 10.2. The zero-order chi connectivity index (χ0) is 25.9. The number of hydrogen-bond donors (Lipinski definition) is 2. The van der Waals surface area contributed by atoms with Crippen molar-refractivity contribution >= 4 is 34.8 Å². The first kappa shape index (κ1) is 25.9. The molecular formula is C27H25FN4O4. The molecule has 0 aliphatic rings. The van der Waals surface area contributed by atoms with E-state index < -0.39 is 17.6 Å². The van der Waals surface area contributed by atoms with E-state index in [1.54, 1.807) is 36.4 Å². The van der Waals surface area contributed by atoms with Crippen molar-refractivity contribution < 1.29 is 23.5 Å². The van der Waals surface area contributed by atoms with Crippen LogP contribution in [0, 0.1) is 17.1 Å². The van der Waals surface area contributed by atoms with Crippen LogP contribution in [-0.4, -0.2) is 31.4 Å². The Morgan fingerprint density at radius 1 is 0.972 bits per heavy atom. The average molecular weight is 489 g/mol. The Labute approximate surface area is 208 Å². The number of rotatable bonds is 10. The SMILES string of the molecule is COc1ccc(NC(=O)CCC(=O)N(CCC#N)c2ccccc2)cc1NC(=O)c1cccc(F)c1. The Kier molecular flexibility index (Phi) is 9.12. The van der Waals surface area contributed by atoms with E-state index in [-0.39, 0.29) is 43.0 Å². The van der Waals surface area contributed by atoms with Crippen LogP contribution in [0.4, 0.5) is 21.5 Å². The summed E-state index contributed by atoms with van der Waals surface area (Å²) < 4.78 is 18.7. The molecule has 0 aromatic heterocycles. The minimum Gasteiger partial charge on any atom is -0.495 e. The minimum absolute atomic E-state index is 0.0501. The summed E-state index contributed by atoms with van der Waals surface area (Å²) in [7, 11) is 1.43. The number of nitrogens with zero attached hydrogens (tertiary/aromatic N) is 2. The van der Waals surface area contributed by atoms with Gasteiger partial charge in [-0.15, -0.1) is 0 Å². The fraction of sp³-hybridized carbons (Fsp3) is 0.185. The van der Waals surface area contributed by atoms with Crippen LogP contribution in [0.2, 0.25) is 0 Å². The molecule has 2 N–H and O–H groups in total. The van der Waals surface area contributed by atoms with Crippen LogP contribution in [0.3, 0.4) is 0 Å². The number of hydrogen-bond acceptors (Lipinski definition) is 5. The molecule has 0 spiro atoms. The summed E-state index contributed by atoms with van der Waals surface area (Å²) in [5, 5.41) is 14.3. The Balaban J connectivity index is 1.64. The smallest absolute Gasteiger partial charge is 0.255 e. The predicted molar refractivity (Wildman–Crippen MR) is 134 cm³/mol. The Morgan fingerprint density at radius 3 is 2.44 bits per heavy atom. The van der Waals surface area contributed by atoms with Gasteiger partial charge in [-0.1, -0.05) is 24.3 Å². The van der Waals surface area contributed by atoms with Gasteiger partial charge < -0.3 is 20.3 Å². The van der Waals surface area contributed by atoms with Crippen molar-refractivity contribution in [3.63, 3.8) is 0 Å². The van der Waals surface area contributed by atoms with Gasteiger partial charge in [0.05, 0.1) is 25.3 Å². The maximum Gasteiger partial charge on any atom is 0.255 e. The number of para-hydroxylation sites is 1. The monoisotopic (exact) mass is 488 g/mol. The largest absolute Gasteiger partial charge is 0.495 e. The number of ether oxygens (including phenoxy) is 1. The van der Waals surface area contributed by atoms with E-state index in [1.807, 2.05) is 12.1 Å². The van der Waals surface area contributed by atoms with Gasteiger partial charge >= 0.3 is 0 Å². The lowest BCUT2D eigenvalue weighted by Gasteiger charge is -2.21. The Hall–Kier alpha value is -4.71. The van der Waals surface area contributed by atoms with Crippen LogP contribution >= 0.6 is 0 Å². The molecule has 0 radical (unpaired) electrons. The maximum atomic E-state index is 13.5. The zero-order valence-corrected chi connectivity index (χ0v) is 19.7. The van der Waals surface area contributed by atoms with Crippen molar-refractivity contribution in [2.45, 2.75) is 19.3 Å². The second kappa shape index (κ2) is 12.7. The third-order valence-electron chi connectivity index (χ3n) is 5.20. The molecule has 184 valence electrons. The van der Waals surface area contributed by atoms with Crippen molar-refractivity contribution in [2.24, 2.45) is 0 Å². The molecule has 8 nitrogen and oxygen atoms in total. The first-order valence-corrected chi connectivity index (χ1v) is 11.2. The third kappa shape index (κ3) is 7.14. The van der Waals surface area contributed by atoms with Gasteiger partial charge in [-0.25, -0.2) is 4.39 Å². The third-order valence-corrected chi connectivity index (χ3v) is 5.20. The van der Waals surface area contributed by atoms with Crippen LogP contribution in [-0.2, 0) is 9.59 Å². The molecule has 0 unspecified atom stereocenters. The van der Waals surface area contributed by atoms with Gasteiger partial charge in [0.15, 0.2) is 0 Å². The molecule has 3 rings (SSSR count). The molecule has 0 heterocycles. The molecule has 0 saturated heterocycles. The summed E-state index contributed by atoms with van der Waals surface area (Å²) >= 11 is 0. The van der Waals surface area contributed by atoms with Crippen molar-refractivity contribution in [1.82, 2.24) is 0 Å². The molecule has 0 fully saturated rings. The number of nitrogens with one attached hydrogen (secondary N) is 2. The first-order valence-electron chi connectivity index (χ1n) is 11.2. The first-order chi connectivity index (χ1) is 17.4. The number of anilines is 3. The van der Waals surface area contributed by atoms with Gasteiger partial charge in [-0.3, -0.25) is 14.4 Å². The van der Waals surface area contributed by atoms with E-state index in [2.05, 4.69) is 10.6 Å². The highest BCUT2D eigenvalue weighted by atomic mass is 19.1. The fourth-order valence-electron chi connectivity index (χ4n) is 3.45. The number of benzene rings is 3. The Morgan fingerprint density at radius 2 is 1.75 bits per heavy atom. The molecule has 9 heteroatoms. The van der Waals surface area contributed by atoms with Crippen LogP contribution < -0.4 is 20.3 Å². The fourth-order valence-corrected chi connectivity index (χ4v) is 3.45. The van der Waals surface area contributed by atoms with Gasteiger partial charge in [-0.05, 0) is 48.5 Å². The second-order valence-corrected chi connectivity index (χ2v) is 7.72. The molecule has 0 aliphatic heterocycles. The highest BCUT2D eigenvalue weighted by Crippen LogP contribution is 2.28. The highest BCUT2D eigenvalue weighted by Gasteiger charge is 2.17. The van der Waals surface area contributed by atoms with Gasteiger partial charge in [-0.2, -0.15) is 5.26 Å². The quantitative estimate of drug-likeness (QED) is 0.428. The summed E-state index contributed by atoms with van der Waals surface area (Å²) in [5.74, 6) is -1.40. The van der Waals surface area contributed by atoms with Crippen LogP contribution in [0.1, 0.15) is 29.6 Å². The summed E-state index contributed by atoms with van der Waals surface area (Å²) in [6, 6.07) is 20.9. The molecule has 0 aliphatic carbocycles. The second-order valence-electron chi connectivity index (χ2n) is 7.72. The van der Waals surface area contributed by atoms with Crippen molar-refractivity contribution in [1.29, 1.82) is 5.26 Å². The van der Waals surface area contributed by atoms with Crippen LogP contribution in [0.25, 0.3) is 0 Å². The Bertz CT molecular complexity index is 1270. The van der Waals surface area contributed by atoms with E-state index in [0.29, 0.717) is 17.1 Å². The summed E-state index contributed by atoms with van der Waals surface area (Å²) in [4.78, 5) is 39.3. The van der Waals surface area contributed by atoms with Gasteiger partial charge in [0.2, 0.25) is 11.8 Å². The van der Waals surface area contributed by atoms with Crippen LogP contribution in [0.5, 0.6) is 5.75 Å². The van der Waals surface area contributed by atoms with E-state index >= 15 is 0 Å². The summed E-state index contributed by atoms with van der Waals surface area (Å²) in [6.45, 7) is 0.230. The molecule has 0 atom stereocenters. The topological polar surface area (TPSA) is 112 Å². The molecule has 3 aromatic carbocycles. The molecule has 0 bridgehead atoms. The minimum atomic E-state index is -0.541. The zero-order valence-electron chi connectivity index (χ0n) is 19.7. The van der Waals surface area contributed by atoms with E-state index in [0.717, 1.165) is 6.07 Å². The van der Waals surface area contributed by atoms with Crippen molar-refractivity contribution in [2.75, 3.05) is 29.2 Å². The number of halogens is 1. The van der Waals surface area contributed by atoms with Crippen molar-refractivity contribution in [3.8, 4) is 11.8 Å². The number of amides is 3. The summed E-state index contributed by atoms with van der Waals surface area (Å²) in [5.41, 5.74) is 1.45. The maximum absolute atomic E-state index is 13.5. The molecule has 0 saturated carbocycles. The number of carbonyl (C=O) groups excluding carboxylic acids is 3. The lowest BCUT2D eigenvalue weighted by Crippen LogP contribution is -2.32. The van der Waals surface area contributed by atoms with E-state index in [1.165, 1.54) is 36.3 Å². The predicted octanol–water partition coefficient (Wildman–Crippen LogP) is 4.75. The van der Waals surface area contributed by atoms with Crippen LogP contribution in [0.15, 0.2) is 72.8 Å². The number of nitriles is 1. The molecular weight excluding hydrogens is 463 g/mol. The summed E-state index contributed by atoms with van der Waals surface area (Å²) in [6.07, 6.45) is 0.0417. The average Bonchev–Trinajstić information content (AvgIpc) is 2.88. The van der Waals surface area contributed by atoms with Gasteiger partial charge in [0.1, 0.15) is 11.6 Å². The van der Waals surface area contributed by atoms with Gasteiger partial charge in [0, 0.05) is 36.3 Å². The van der Waals surface area contributed by atoms with Gasteiger partial charge in [0.25, 0.3) is 5.91 Å². The molecule has 3 amide bonds. The number of methoxy groups -OCH3 is 1. The van der Waals surface area contributed by atoms with Crippen molar-refractivity contribution in [3.05, 3.63) is 84.2 Å². The van der Waals surface area contributed by atoms with E-state index in [4.69, 9.17) is 10.00 Å². The standard InChI is InChI=1S/C27H25FN4O4/c1-36-24-12-11-21(18-23(24)31-27(35)19-7-5-8-20(28)17-19)30-25(33)13-14-26(34)32(16-6-15-29)22-9-3-2-4-10-22/h2-5,7-12,17-18H,6,13-14,16H2,1H3,(H,30,33)(H,31,35). The van der Waals surface area contributed by atoms with E-state index in [9.17, 15) is 18.8 Å². The lowest BCUT2D eigenvalue weighted by molar-refractivity contribution is -0.122. The molecule has 3 aromatic rings. The molecule has 36 heavy (non-hydrogen) atoms. The normalized spacial score (nSPS) is 10.1.